The average Bonchev–Trinajstić information content (AvgIpc) is 3.44. The highest BCUT2D eigenvalue weighted by Crippen LogP contribution is 2.42. The minimum absolute atomic E-state index is 0.0454. The number of carboxylic acids is 2. The van der Waals surface area contributed by atoms with Crippen LogP contribution in [0, 0.1) is 11.8 Å². The topological polar surface area (TPSA) is 87.1 Å². The third kappa shape index (κ3) is 10.7. The molecule has 42 heavy (non-hydrogen) atoms. The van der Waals surface area contributed by atoms with Gasteiger partial charge in [-0.1, -0.05) is 25.0 Å². The molecule has 1 aromatic rings. The molecule has 0 spiro atoms. The second kappa shape index (κ2) is 15.4. The van der Waals surface area contributed by atoms with Crippen molar-refractivity contribution in [1.82, 2.24) is 4.90 Å². The molecule has 0 radical (unpaired) electrons. The van der Waals surface area contributed by atoms with Crippen LogP contribution in [0.4, 0.5) is 26.3 Å². The van der Waals surface area contributed by atoms with Crippen molar-refractivity contribution in [2.24, 2.45) is 11.8 Å². The maximum atomic E-state index is 13.2. The van der Waals surface area contributed by atoms with Crippen molar-refractivity contribution < 1.29 is 50.9 Å². The highest BCUT2D eigenvalue weighted by atomic mass is 19.4. The molecule has 1 unspecified atom stereocenters. The number of carbonyl (C=O) groups is 2. The number of nitrogens with zero attached hydrogens (tertiary/aromatic N) is 1. The van der Waals surface area contributed by atoms with Crippen LogP contribution in [0.2, 0.25) is 0 Å². The van der Waals surface area contributed by atoms with E-state index in [1.807, 2.05) is 0 Å². The Morgan fingerprint density at radius 1 is 0.857 bits per heavy atom. The van der Waals surface area contributed by atoms with E-state index in [9.17, 15) is 36.2 Å². The monoisotopic (exact) mass is 609 g/mol. The van der Waals surface area contributed by atoms with Gasteiger partial charge in [0.05, 0.1) is 11.7 Å². The van der Waals surface area contributed by atoms with E-state index in [4.69, 9.17) is 14.6 Å². The van der Waals surface area contributed by atoms with Gasteiger partial charge in [0.15, 0.2) is 0 Å². The number of carboxylic acid groups (broad SMARTS) is 2. The molecule has 4 rings (SSSR count). The van der Waals surface area contributed by atoms with E-state index in [0.717, 1.165) is 57.4 Å². The van der Waals surface area contributed by atoms with Crippen molar-refractivity contribution >= 4 is 11.9 Å². The van der Waals surface area contributed by atoms with Crippen molar-refractivity contribution in [3.8, 4) is 0 Å². The predicted molar refractivity (Wildman–Crippen MR) is 143 cm³/mol. The van der Waals surface area contributed by atoms with Crippen molar-refractivity contribution in [3.05, 3.63) is 35.4 Å². The lowest BCUT2D eigenvalue weighted by Crippen LogP contribution is -2.46. The zero-order valence-corrected chi connectivity index (χ0v) is 23.6. The minimum Gasteiger partial charge on any atom is -0.481 e. The molecule has 4 atom stereocenters. The molecule has 3 fully saturated rings. The maximum absolute atomic E-state index is 13.2. The Morgan fingerprint density at radius 2 is 1.48 bits per heavy atom. The fraction of sp³-hybridized carbons (Fsp3) is 0.733. The first kappa shape index (κ1) is 34.2. The summed E-state index contributed by atoms with van der Waals surface area (Å²) in [5, 5.41) is 16.5. The number of ether oxygens (including phenoxy) is 1. The van der Waals surface area contributed by atoms with E-state index in [0.29, 0.717) is 18.4 Å². The van der Waals surface area contributed by atoms with Crippen LogP contribution in [-0.2, 0) is 20.5 Å². The van der Waals surface area contributed by atoms with Gasteiger partial charge in [-0.15, -0.1) is 0 Å². The molecule has 3 aliphatic rings. The van der Waals surface area contributed by atoms with E-state index in [1.54, 1.807) is 12.1 Å². The van der Waals surface area contributed by atoms with Crippen LogP contribution >= 0.6 is 0 Å². The number of hydrogen-bond donors (Lipinski definition) is 2. The molecule has 0 bridgehead atoms. The Balaban J connectivity index is 0.000000616. The molecule has 2 saturated carbocycles. The van der Waals surface area contributed by atoms with Gasteiger partial charge in [0.25, 0.3) is 0 Å². The fourth-order valence-electron chi connectivity index (χ4n) is 6.65. The van der Waals surface area contributed by atoms with Crippen LogP contribution in [0.15, 0.2) is 24.3 Å². The van der Waals surface area contributed by atoms with Crippen LogP contribution in [0.25, 0.3) is 0 Å². The fourth-order valence-corrected chi connectivity index (χ4v) is 6.65. The first-order valence-electron chi connectivity index (χ1n) is 14.8. The van der Waals surface area contributed by atoms with Crippen LogP contribution in [0.5, 0.6) is 0 Å². The van der Waals surface area contributed by atoms with Gasteiger partial charge in [-0.25, -0.2) is 4.79 Å². The zero-order chi connectivity index (χ0) is 30.9. The molecule has 0 amide bonds. The summed E-state index contributed by atoms with van der Waals surface area (Å²) in [6.45, 7) is 2.80. The van der Waals surface area contributed by atoms with E-state index in [1.165, 1.54) is 44.2 Å². The summed E-state index contributed by atoms with van der Waals surface area (Å²) in [5.74, 6) is -2.77. The summed E-state index contributed by atoms with van der Waals surface area (Å²) < 4.78 is 77.3. The highest BCUT2D eigenvalue weighted by Gasteiger charge is 2.39. The quantitative estimate of drug-likeness (QED) is 0.282. The molecule has 12 heteroatoms. The summed E-state index contributed by atoms with van der Waals surface area (Å²) in [7, 11) is 0. The third-order valence-electron chi connectivity index (χ3n) is 8.74. The van der Waals surface area contributed by atoms with Gasteiger partial charge in [0.1, 0.15) is 0 Å². The van der Waals surface area contributed by atoms with Crippen LogP contribution in [-0.4, -0.2) is 65.1 Å². The summed E-state index contributed by atoms with van der Waals surface area (Å²) >= 11 is 0. The smallest absolute Gasteiger partial charge is 0.481 e. The van der Waals surface area contributed by atoms with Crippen LogP contribution < -0.4 is 0 Å². The number of hydrogen-bond acceptors (Lipinski definition) is 4. The van der Waals surface area contributed by atoms with Gasteiger partial charge >= 0.3 is 24.3 Å². The van der Waals surface area contributed by atoms with E-state index >= 15 is 0 Å². The first-order valence-corrected chi connectivity index (χ1v) is 14.8. The Hall–Kier alpha value is -2.34. The van der Waals surface area contributed by atoms with Gasteiger partial charge in [-0.3, -0.25) is 9.69 Å². The molecular formula is C30H41F6NO5. The standard InChI is InChI=1S/C28H40F3NO3.C2HF3O2/c29-28(30,31)23-11-9-22(10-12-23)25-17-21(18-27(33)34)8-13-26(25)32(19-20-5-1-2-6-20)15-14-24-7-3-4-16-35-24;3-2(4,5)1(6)7/h9-12,20-21,24-26H,1-8,13-19H2,(H,33,34);(H,6,7)/t21-,24?,25+,26-;/m1./s1. The second-order valence-electron chi connectivity index (χ2n) is 11.8. The van der Waals surface area contributed by atoms with Crippen molar-refractivity contribution in [1.29, 1.82) is 0 Å². The van der Waals surface area contributed by atoms with Gasteiger partial charge in [0.2, 0.25) is 0 Å². The van der Waals surface area contributed by atoms with Gasteiger partial charge in [-0.2, -0.15) is 26.3 Å². The summed E-state index contributed by atoms with van der Waals surface area (Å²) in [6, 6.07) is 5.85. The van der Waals surface area contributed by atoms with Crippen molar-refractivity contribution in [3.63, 3.8) is 0 Å². The zero-order valence-electron chi connectivity index (χ0n) is 23.6. The third-order valence-corrected chi connectivity index (χ3v) is 8.74. The SMILES string of the molecule is O=C(O)C(F)(F)F.O=C(O)C[C@@H]1CC[C@@H](N(CCC2CCCCO2)CC2CCCC2)[C@H](c2ccc(C(F)(F)F)cc2)C1. The molecule has 1 heterocycles. The van der Waals surface area contributed by atoms with Gasteiger partial charge in [-0.05, 0) is 93.2 Å². The summed E-state index contributed by atoms with van der Waals surface area (Å²) in [6.07, 6.45) is 2.91. The lowest BCUT2D eigenvalue weighted by molar-refractivity contribution is -0.192. The molecule has 2 N–H and O–H groups in total. The lowest BCUT2D eigenvalue weighted by atomic mass is 9.72. The Labute approximate surface area is 242 Å². The molecule has 1 aliphatic heterocycles. The van der Waals surface area contributed by atoms with E-state index in [-0.39, 0.29) is 24.3 Å². The molecule has 2 aliphatic carbocycles. The Bertz CT molecular complexity index is 987. The number of aliphatic carboxylic acids is 2. The Kier molecular flexibility index (Phi) is 12.5. The van der Waals surface area contributed by atoms with Gasteiger partial charge in [0, 0.05) is 32.2 Å². The molecule has 1 aromatic carbocycles. The minimum atomic E-state index is -5.08. The summed E-state index contributed by atoms with van der Waals surface area (Å²) in [5.41, 5.74) is 0.274. The molecule has 6 nitrogen and oxygen atoms in total. The normalized spacial score (nSPS) is 25.6. The number of rotatable bonds is 9. The van der Waals surface area contributed by atoms with Crippen LogP contribution in [0.3, 0.4) is 0 Å². The highest BCUT2D eigenvalue weighted by molar-refractivity contribution is 5.73. The number of halogens is 6. The van der Waals surface area contributed by atoms with Gasteiger partial charge < -0.3 is 14.9 Å². The summed E-state index contributed by atoms with van der Waals surface area (Å²) in [4.78, 5) is 22.9. The first-order chi connectivity index (χ1) is 19.7. The number of alkyl halides is 6. The Morgan fingerprint density at radius 3 is 2.00 bits per heavy atom. The second-order valence-corrected chi connectivity index (χ2v) is 11.8. The van der Waals surface area contributed by atoms with Crippen molar-refractivity contribution in [2.45, 2.75) is 107 Å². The van der Waals surface area contributed by atoms with Crippen molar-refractivity contribution in [2.75, 3.05) is 19.7 Å². The predicted octanol–water partition coefficient (Wildman–Crippen LogP) is 7.52. The van der Waals surface area contributed by atoms with E-state index in [2.05, 4.69) is 4.90 Å². The molecular weight excluding hydrogens is 568 g/mol. The van der Waals surface area contributed by atoms with Crippen LogP contribution in [0.1, 0.15) is 94.1 Å². The molecule has 0 aromatic heterocycles. The lowest BCUT2D eigenvalue weighted by Gasteiger charge is -2.44. The largest absolute Gasteiger partial charge is 0.490 e. The van der Waals surface area contributed by atoms with E-state index < -0.39 is 29.9 Å². The number of benzene rings is 1. The molecule has 1 saturated heterocycles. The maximum Gasteiger partial charge on any atom is 0.490 e. The average molecular weight is 610 g/mol. The molecule has 238 valence electrons.